The molecule has 2 amide bonds. The van der Waals surface area contributed by atoms with Gasteiger partial charge in [-0.1, -0.05) is 6.07 Å². The van der Waals surface area contributed by atoms with Gasteiger partial charge in [-0.3, -0.25) is 9.59 Å². The quantitative estimate of drug-likeness (QED) is 0.803. The normalized spacial score (nSPS) is 20.9. The number of benzene rings is 1. The molecule has 2 N–H and O–H groups in total. The summed E-state index contributed by atoms with van der Waals surface area (Å²) in [6, 6.07) is 4.91. The summed E-state index contributed by atoms with van der Waals surface area (Å²) in [5.74, 6) is -0.521. The van der Waals surface area contributed by atoms with Gasteiger partial charge in [0, 0.05) is 10.9 Å². The van der Waals surface area contributed by atoms with Gasteiger partial charge in [-0.2, -0.15) is 0 Å². The second kappa shape index (κ2) is 4.58. The van der Waals surface area contributed by atoms with Crippen LogP contribution in [-0.4, -0.2) is 17.9 Å². The smallest absolute Gasteiger partial charge is 0.250 e. The molecule has 1 aromatic rings. The molecule has 1 atom stereocenters. The zero-order valence-corrected chi connectivity index (χ0v) is 11.0. The van der Waals surface area contributed by atoms with Gasteiger partial charge in [-0.05, 0) is 47.0 Å². The number of nitrogens with two attached hydrogens (primary N) is 1. The fraction of sp³-hybridized carbons (Fsp3) is 0.333. The lowest BCUT2D eigenvalue weighted by molar-refractivity contribution is -0.130. The van der Waals surface area contributed by atoms with E-state index in [0.29, 0.717) is 18.5 Å². The van der Waals surface area contributed by atoms with Crippen molar-refractivity contribution >= 4 is 33.4 Å². The number of halogens is 1. The van der Waals surface area contributed by atoms with E-state index in [1.165, 1.54) is 4.90 Å². The van der Waals surface area contributed by atoms with Crippen LogP contribution in [0.5, 0.6) is 0 Å². The molecule has 90 valence electrons. The Morgan fingerprint density at radius 3 is 2.76 bits per heavy atom. The van der Waals surface area contributed by atoms with E-state index in [9.17, 15) is 9.59 Å². The molecule has 1 heterocycles. The van der Waals surface area contributed by atoms with Crippen LogP contribution < -0.4 is 10.6 Å². The Labute approximate surface area is 108 Å². The number of piperidine rings is 1. The average molecular weight is 297 g/mol. The summed E-state index contributed by atoms with van der Waals surface area (Å²) < 4.78 is 0.730. The third kappa shape index (κ3) is 2.25. The van der Waals surface area contributed by atoms with Crippen LogP contribution in [0.1, 0.15) is 18.4 Å². The number of carbonyl (C=O) groups excluding carboxylic acids is 2. The van der Waals surface area contributed by atoms with E-state index in [4.69, 9.17) is 5.73 Å². The highest BCUT2D eigenvalue weighted by Crippen LogP contribution is 2.30. The lowest BCUT2D eigenvalue weighted by Gasteiger charge is -2.29. The van der Waals surface area contributed by atoms with Crippen molar-refractivity contribution in [3.05, 3.63) is 28.2 Å². The molecule has 4 nitrogen and oxygen atoms in total. The molecule has 2 rings (SSSR count). The van der Waals surface area contributed by atoms with E-state index in [2.05, 4.69) is 15.9 Å². The molecular formula is C12H13BrN2O2. The van der Waals surface area contributed by atoms with Gasteiger partial charge in [0.15, 0.2) is 0 Å². The van der Waals surface area contributed by atoms with Crippen molar-refractivity contribution in [1.82, 2.24) is 0 Å². The summed E-state index contributed by atoms with van der Waals surface area (Å²) in [7, 11) is 0. The molecule has 0 saturated carbocycles. The van der Waals surface area contributed by atoms with Crippen LogP contribution >= 0.6 is 15.9 Å². The summed E-state index contributed by atoms with van der Waals surface area (Å²) in [4.78, 5) is 24.9. The SMILES string of the molecule is Cc1ccc(N2C(=O)CCC(N)C2=O)c(Br)c1. The van der Waals surface area contributed by atoms with Gasteiger partial charge in [0.05, 0.1) is 11.7 Å². The minimum absolute atomic E-state index is 0.193. The number of hydrogen-bond donors (Lipinski definition) is 1. The molecule has 1 aliphatic rings. The number of nitrogens with zero attached hydrogens (tertiary/aromatic N) is 1. The van der Waals surface area contributed by atoms with Crippen molar-refractivity contribution in [1.29, 1.82) is 0 Å². The molecule has 1 fully saturated rings. The van der Waals surface area contributed by atoms with Crippen LogP contribution in [0.25, 0.3) is 0 Å². The van der Waals surface area contributed by atoms with Crippen molar-refractivity contribution in [2.24, 2.45) is 5.73 Å². The van der Waals surface area contributed by atoms with Crippen molar-refractivity contribution in [2.45, 2.75) is 25.8 Å². The molecule has 0 bridgehead atoms. The van der Waals surface area contributed by atoms with E-state index in [1.807, 2.05) is 19.1 Å². The fourth-order valence-corrected chi connectivity index (χ4v) is 2.52. The Morgan fingerprint density at radius 1 is 1.41 bits per heavy atom. The maximum absolute atomic E-state index is 11.9. The maximum atomic E-state index is 11.9. The third-order valence-electron chi connectivity index (χ3n) is 2.80. The summed E-state index contributed by atoms with van der Waals surface area (Å²) in [6.45, 7) is 1.94. The van der Waals surface area contributed by atoms with Crippen molar-refractivity contribution in [2.75, 3.05) is 4.90 Å². The Balaban J connectivity index is 2.43. The zero-order chi connectivity index (χ0) is 12.6. The van der Waals surface area contributed by atoms with Crippen LogP contribution in [0.2, 0.25) is 0 Å². The molecule has 1 aliphatic heterocycles. The minimum atomic E-state index is -0.582. The molecule has 5 heteroatoms. The predicted molar refractivity (Wildman–Crippen MR) is 68.6 cm³/mol. The minimum Gasteiger partial charge on any atom is -0.320 e. The van der Waals surface area contributed by atoms with Gasteiger partial charge in [-0.25, -0.2) is 4.90 Å². The first kappa shape index (κ1) is 12.3. The zero-order valence-electron chi connectivity index (χ0n) is 9.44. The summed E-state index contributed by atoms with van der Waals surface area (Å²) in [5, 5.41) is 0. The first-order valence-electron chi connectivity index (χ1n) is 5.39. The van der Waals surface area contributed by atoms with E-state index >= 15 is 0 Å². The summed E-state index contributed by atoms with van der Waals surface area (Å²) in [5.41, 5.74) is 7.32. The highest BCUT2D eigenvalue weighted by molar-refractivity contribution is 9.10. The van der Waals surface area contributed by atoms with E-state index in [1.54, 1.807) is 6.07 Å². The first-order valence-corrected chi connectivity index (χ1v) is 6.18. The predicted octanol–water partition coefficient (Wildman–Crippen LogP) is 1.74. The Bertz CT molecular complexity index is 487. The second-order valence-electron chi connectivity index (χ2n) is 4.17. The van der Waals surface area contributed by atoms with Crippen molar-refractivity contribution in [3.63, 3.8) is 0 Å². The van der Waals surface area contributed by atoms with Crippen LogP contribution in [0.15, 0.2) is 22.7 Å². The van der Waals surface area contributed by atoms with Gasteiger partial charge in [0.2, 0.25) is 5.91 Å². The van der Waals surface area contributed by atoms with E-state index in [0.717, 1.165) is 10.0 Å². The van der Waals surface area contributed by atoms with Gasteiger partial charge < -0.3 is 5.73 Å². The molecule has 0 aromatic heterocycles. The second-order valence-corrected chi connectivity index (χ2v) is 5.02. The molecule has 1 unspecified atom stereocenters. The van der Waals surface area contributed by atoms with Crippen molar-refractivity contribution in [3.8, 4) is 0 Å². The lowest BCUT2D eigenvalue weighted by Crippen LogP contribution is -2.51. The number of anilines is 1. The molecule has 0 radical (unpaired) electrons. The number of hydrogen-bond acceptors (Lipinski definition) is 3. The third-order valence-corrected chi connectivity index (χ3v) is 3.44. The van der Waals surface area contributed by atoms with E-state index < -0.39 is 6.04 Å². The molecule has 0 spiro atoms. The van der Waals surface area contributed by atoms with Crippen LogP contribution in [0.3, 0.4) is 0 Å². The molecule has 0 aliphatic carbocycles. The Kier molecular flexibility index (Phi) is 3.31. The average Bonchev–Trinajstić information content (AvgIpc) is 2.27. The van der Waals surface area contributed by atoms with Gasteiger partial charge >= 0.3 is 0 Å². The van der Waals surface area contributed by atoms with Crippen LogP contribution in [0.4, 0.5) is 5.69 Å². The highest BCUT2D eigenvalue weighted by Gasteiger charge is 2.33. The molecule has 1 saturated heterocycles. The summed E-state index contributed by atoms with van der Waals surface area (Å²) >= 11 is 3.37. The van der Waals surface area contributed by atoms with E-state index in [-0.39, 0.29) is 11.8 Å². The fourth-order valence-electron chi connectivity index (χ4n) is 1.85. The molecule has 17 heavy (non-hydrogen) atoms. The number of carbonyl (C=O) groups is 2. The number of rotatable bonds is 1. The van der Waals surface area contributed by atoms with Gasteiger partial charge in [0.25, 0.3) is 5.91 Å². The highest BCUT2D eigenvalue weighted by atomic mass is 79.9. The lowest BCUT2D eigenvalue weighted by atomic mass is 10.0. The molecular weight excluding hydrogens is 284 g/mol. The first-order chi connectivity index (χ1) is 8.00. The number of imide groups is 1. The standard InChI is InChI=1S/C12H13BrN2O2/c1-7-2-4-10(8(13)6-7)15-11(16)5-3-9(14)12(15)17/h2,4,6,9H,3,5,14H2,1H3. The Morgan fingerprint density at radius 2 is 2.12 bits per heavy atom. The number of aryl methyl sites for hydroxylation is 1. The van der Waals surface area contributed by atoms with Crippen molar-refractivity contribution < 1.29 is 9.59 Å². The van der Waals surface area contributed by atoms with Crippen LogP contribution in [-0.2, 0) is 9.59 Å². The molecule has 1 aromatic carbocycles. The summed E-state index contributed by atoms with van der Waals surface area (Å²) in [6.07, 6.45) is 0.741. The Hall–Kier alpha value is -1.20. The maximum Gasteiger partial charge on any atom is 0.250 e. The van der Waals surface area contributed by atoms with Gasteiger partial charge in [0.1, 0.15) is 0 Å². The van der Waals surface area contributed by atoms with Crippen LogP contribution in [0, 0.1) is 6.92 Å². The monoisotopic (exact) mass is 296 g/mol. The van der Waals surface area contributed by atoms with Gasteiger partial charge in [-0.15, -0.1) is 0 Å². The largest absolute Gasteiger partial charge is 0.320 e. The number of amides is 2. The topological polar surface area (TPSA) is 63.4 Å².